The molecule has 2 aromatic carbocycles. The zero-order valence-electron chi connectivity index (χ0n) is 12.5. The lowest BCUT2D eigenvalue weighted by molar-refractivity contribution is -0.138. The molecule has 0 aliphatic heterocycles. The fraction of sp³-hybridized carbons (Fsp3) is 0.0588. The average molecular weight is 409 g/mol. The van der Waals surface area contributed by atoms with Crippen molar-refractivity contribution in [2.24, 2.45) is 0 Å². The van der Waals surface area contributed by atoms with Gasteiger partial charge in [0.2, 0.25) is 0 Å². The van der Waals surface area contributed by atoms with Crippen molar-refractivity contribution in [2.75, 3.05) is 0 Å². The highest BCUT2D eigenvalue weighted by Crippen LogP contribution is 2.41. The third-order valence-electron chi connectivity index (χ3n) is 3.35. The summed E-state index contributed by atoms with van der Waals surface area (Å²) >= 11 is 11.8. The number of hydrogen-bond acceptors (Lipinski definition) is 2. The van der Waals surface area contributed by atoms with Crippen molar-refractivity contribution in [1.82, 2.24) is 0 Å². The average Bonchev–Trinajstić information content (AvgIpc) is 3.07. The van der Waals surface area contributed by atoms with Crippen molar-refractivity contribution >= 4 is 23.2 Å². The Hall–Kier alpha value is -2.25. The molecule has 1 heterocycles. The van der Waals surface area contributed by atoms with Gasteiger partial charge in [-0.3, -0.25) is 0 Å². The number of alkyl halides is 3. The van der Waals surface area contributed by atoms with Crippen LogP contribution in [-0.2, 0) is 6.18 Å². The summed E-state index contributed by atoms with van der Waals surface area (Å²) in [5, 5.41) is 0.142. The highest BCUT2D eigenvalue weighted by molar-refractivity contribution is 6.42. The minimum atomic E-state index is -4.90. The maximum Gasteiger partial charge on any atom is 0.416 e. The standard InChI is InChI=1S/C17H7Cl2F5O2/c18-10-6-9(14-2-1-3-25-14)15(7-11(10)19)26-16-12(20)4-8(5-13(16)21)17(22,23)24/h1-7H. The molecular weight excluding hydrogens is 402 g/mol. The Morgan fingerprint density at radius 1 is 0.923 bits per heavy atom. The fourth-order valence-electron chi connectivity index (χ4n) is 2.17. The van der Waals surface area contributed by atoms with Gasteiger partial charge in [0, 0.05) is 6.07 Å². The maximum absolute atomic E-state index is 14.0. The summed E-state index contributed by atoms with van der Waals surface area (Å²) in [6.07, 6.45) is -3.55. The van der Waals surface area contributed by atoms with E-state index >= 15 is 0 Å². The molecule has 0 spiro atoms. The molecule has 0 atom stereocenters. The van der Waals surface area contributed by atoms with Gasteiger partial charge in [-0.05, 0) is 30.3 Å². The SMILES string of the molecule is Fc1cc(C(F)(F)F)cc(F)c1Oc1cc(Cl)c(Cl)cc1-c1ccco1. The first kappa shape index (κ1) is 18.5. The van der Waals surface area contributed by atoms with Crippen LogP contribution in [0.1, 0.15) is 5.56 Å². The minimum absolute atomic E-state index is 0.0182. The Bertz CT molecular complexity index is 930. The van der Waals surface area contributed by atoms with Crippen molar-refractivity contribution in [2.45, 2.75) is 6.18 Å². The van der Waals surface area contributed by atoms with E-state index in [1.807, 2.05) is 0 Å². The van der Waals surface area contributed by atoms with Crippen molar-refractivity contribution < 1.29 is 31.1 Å². The highest BCUT2D eigenvalue weighted by Gasteiger charge is 2.33. The molecule has 0 N–H and O–H groups in total. The summed E-state index contributed by atoms with van der Waals surface area (Å²) in [4.78, 5) is 0. The quantitative estimate of drug-likeness (QED) is 0.423. The molecule has 136 valence electrons. The van der Waals surface area contributed by atoms with Gasteiger partial charge in [0.1, 0.15) is 11.5 Å². The first-order chi connectivity index (χ1) is 12.2. The Balaban J connectivity index is 2.09. The van der Waals surface area contributed by atoms with Gasteiger partial charge in [-0.25, -0.2) is 8.78 Å². The van der Waals surface area contributed by atoms with Crippen LogP contribution in [0.4, 0.5) is 22.0 Å². The number of ether oxygens (including phenoxy) is 1. The second-order valence-corrected chi connectivity index (χ2v) is 5.92. The number of halogens is 7. The zero-order valence-corrected chi connectivity index (χ0v) is 14.0. The van der Waals surface area contributed by atoms with Gasteiger partial charge >= 0.3 is 6.18 Å². The number of benzene rings is 2. The second kappa shape index (κ2) is 6.81. The summed E-state index contributed by atoms with van der Waals surface area (Å²) < 4.78 is 76.3. The molecule has 1 aromatic heterocycles. The third-order valence-corrected chi connectivity index (χ3v) is 4.07. The Morgan fingerprint density at radius 2 is 1.54 bits per heavy atom. The normalized spacial score (nSPS) is 11.7. The van der Waals surface area contributed by atoms with Gasteiger partial charge in [-0.1, -0.05) is 23.2 Å². The molecule has 0 aliphatic carbocycles. The van der Waals surface area contributed by atoms with Crippen LogP contribution < -0.4 is 4.74 Å². The maximum atomic E-state index is 14.0. The van der Waals surface area contributed by atoms with Crippen LogP contribution in [0.3, 0.4) is 0 Å². The summed E-state index contributed by atoms with van der Waals surface area (Å²) in [6.45, 7) is 0. The number of hydrogen-bond donors (Lipinski definition) is 0. The second-order valence-electron chi connectivity index (χ2n) is 5.11. The van der Waals surface area contributed by atoms with Gasteiger partial charge in [-0.15, -0.1) is 0 Å². The molecular formula is C17H7Cl2F5O2. The molecule has 26 heavy (non-hydrogen) atoms. The van der Waals surface area contributed by atoms with E-state index in [0.29, 0.717) is 0 Å². The molecule has 9 heteroatoms. The molecule has 0 saturated carbocycles. The highest BCUT2D eigenvalue weighted by atomic mass is 35.5. The van der Waals surface area contributed by atoms with E-state index in [1.54, 1.807) is 6.07 Å². The lowest BCUT2D eigenvalue weighted by atomic mass is 10.1. The summed E-state index contributed by atoms with van der Waals surface area (Å²) in [5.74, 6) is -3.94. The van der Waals surface area contributed by atoms with Crippen LogP contribution in [0.2, 0.25) is 10.0 Å². The van der Waals surface area contributed by atoms with Crippen LogP contribution in [0.15, 0.2) is 47.1 Å². The zero-order chi connectivity index (χ0) is 19.1. The Labute approximate surface area is 153 Å². The first-order valence-corrected chi connectivity index (χ1v) is 7.69. The van der Waals surface area contributed by atoms with E-state index in [0.717, 1.165) is 0 Å². The van der Waals surface area contributed by atoms with Gasteiger partial charge in [0.25, 0.3) is 0 Å². The summed E-state index contributed by atoms with van der Waals surface area (Å²) in [5.41, 5.74) is -1.26. The number of furan rings is 1. The topological polar surface area (TPSA) is 22.4 Å². The molecule has 0 amide bonds. The monoisotopic (exact) mass is 408 g/mol. The van der Waals surface area contributed by atoms with E-state index in [4.69, 9.17) is 32.4 Å². The van der Waals surface area contributed by atoms with E-state index in [-0.39, 0.29) is 39.3 Å². The summed E-state index contributed by atoms with van der Waals surface area (Å²) in [6, 6.07) is 5.90. The lowest BCUT2D eigenvalue weighted by Crippen LogP contribution is -2.07. The minimum Gasteiger partial charge on any atom is -0.464 e. The van der Waals surface area contributed by atoms with E-state index in [1.165, 1.54) is 24.5 Å². The molecule has 0 unspecified atom stereocenters. The largest absolute Gasteiger partial charge is 0.464 e. The Morgan fingerprint density at radius 3 is 2.08 bits per heavy atom. The first-order valence-electron chi connectivity index (χ1n) is 6.94. The molecule has 2 nitrogen and oxygen atoms in total. The molecule has 3 aromatic rings. The number of rotatable bonds is 3. The Kier molecular flexibility index (Phi) is 4.86. The fourth-order valence-corrected chi connectivity index (χ4v) is 2.49. The van der Waals surface area contributed by atoms with Gasteiger partial charge in [0.05, 0.1) is 27.4 Å². The molecule has 0 bridgehead atoms. The van der Waals surface area contributed by atoms with Crippen LogP contribution in [0.25, 0.3) is 11.3 Å². The predicted molar refractivity (Wildman–Crippen MR) is 85.6 cm³/mol. The van der Waals surface area contributed by atoms with Crippen molar-refractivity contribution in [1.29, 1.82) is 0 Å². The van der Waals surface area contributed by atoms with Crippen LogP contribution in [0.5, 0.6) is 11.5 Å². The van der Waals surface area contributed by atoms with Crippen molar-refractivity contribution in [3.63, 3.8) is 0 Å². The van der Waals surface area contributed by atoms with Crippen LogP contribution >= 0.6 is 23.2 Å². The predicted octanol–water partition coefficient (Wildman–Crippen LogP) is 7.34. The van der Waals surface area contributed by atoms with Gasteiger partial charge in [0.15, 0.2) is 17.4 Å². The molecule has 0 radical (unpaired) electrons. The van der Waals surface area contributed by atoms with Crippen LogP contribution in [-0.4, -0.2) is 0 Å². The van der Waals surface area contributed by atoms with Crippen molar-refractivity contribution in [3.8, 4) is 22.8 Å². The third kappa shape index (κ3) is 3.64. The smallest absolute Gasteiger partial charge is 0.416 e. The van der Waals surface area contributed by atoms with E-state index in [9.17, 15) is 22.0 Å². The molecule has 0 saturated heterocycles. The van der Waals surface area contributed by atoms with E-state index in [2.05, 4.69) is 0 Å². The van der Waals surface area contributed by atoms with E-state index < -0.39 is 29.1 Å². The van der Waals surface area contributed by atoms with Crippen LogP contribution in [0, 0.1) is 11.6 Å². The van der Waals surface area contributed by atoms with Crippen molar-refractivity contribution in [3.05, 3.63) is 69.9 Å². The molecule has 0 aliphatic rings. The van der Waals surface area contributed by atoms with Gasteiger partial charge in [-0.2, -0.15) is 13.2 Å². The molecule has 3 rings (SSSR count). The molecule has 0 fully saturated rings. The van der Waals surface area contributed by atoms with Gasteiger partial charge < -0.3 is 9.15 Å². The lowest BCUT2D eigenvalue weighted by Gasteiger charge is -2.14. The summed E-state index contributed by atoms with van der Waals surface area (Å²) in [7, 11) is 0.